The lowest BCUT2D eigenvalue weighted by atomic mass is 10.1. The summed E-state index contributed by atoms with van der Waals surface area (Å²) in [7, 11) is 0. The van der Waals surface area contributed by atoms with E-state index in [9.17, 15) is 9.90 Å². The largest absolute Gasteiger partial charge is 0.391 e. The second-order valence-corrected chi connectivity index (χ2v) is 3.88. The zero-order valence-electron chi connectivity index (χ0n) is 8.76. The number of aliphatic hydroxyl groups excluding tert-OH is 1. The van der Waals surface area contributed by atoms with Crippen LogP contribution < -0.4 is 0 Å². The third-order valence-corrected chi connectivity index (χ3v) is 2.71. The smallest absolute Gasteiger partial charge is 0.253 e. The first kappa shape index (κ1) is 10.7. The molecule has 1 fully saturated rings. The molecular formula is C12H12N2O2. The van der Waals surface area contributed by atoms with Crippen LogP contribution in [0.1, 0.15) is 22.3 Å². The number of amides is 1. The van der Waals surface area contributed by atoms with Crippen molar-refractivity contribution in [3.05, 3.63) is 35.4 Å². The molecule has 0 radical (unpaired) electrons. The molecule has 82 valence electrons. The van der Waals surface area contributed by atoms with E-state index in [1.807, 2.05) is 6.07 Å². The molecule has 16 heavy (non-hydrogen) atoms. The van der Waals surface area contributed by atoms with Crippen LogP contribution in [-0.4, -0.2) is 35.1 Å². The highest BCUT2D eigenvalue weighted by molar-refractivity contribution is 5.94. The van der Waals surface area contributed by atoms with Gasteiger partial charge in [-0.05, 0) is 30.7 Å². The van der Waals surface area contributed by atoms with Crippen LogP contribution in [-0.2, 0) is 0 Å². The molecule has 1 aliphatic heterocycles. The van der Waals surface area contributed by atoms with Gasteiger partial charge in [-0.1, -0.05) is 0 Å². The Morgan fingerprint density at radius 3 is 2.62 bits per heavy atom. The van der Waals surface area contributed by atoms with E-state index in [0.717, 1.165) is 0 Å². The number of hydrogen-bond acceptors (Lipinski definition) is 3. The van der Waals surface area contributed by atoms with Crippen LogP contribution in [0.5, 0.6) is 0 Å². The molecule has 4 heteroatoms. The number of aliphatic hydroxyl groups is 1. The van der Waals surface area contributed by atoms with Crippen LogP contribution in [0.4, 0.5) is 0 Å². The molecule has 0 spiro atoms. The van der Waals surface area contributed by atoms with Gasteiger partial charge in [0.05, 0.1) is 17.7 Å². The van der Waals surface area contributed by atoms with Gasteiger partial charge < -0.3 is 10.0 Å². The summed E-state index contributed by atoms with van der Waals surface area (Å²) in [6, 6.07) is 8.54. The van der Waals surface area contributed by atoms with Crippen LogP contribution in [0.25, 0.3) is 0 Å². The van der Waals surface area contributed by atoms with Crippen molar-refractivity contribution in [3.63, 3.8) is 0 Å². The van der Waals surface area contributed by atoms with Crippen molar-refractivity contribution in [2.75, 3.05) is 13.1 Å². The highest BCUT2D eigenvalue weighted by Crippen LogP contribution is 2.13. The Kier molecular flexibility index (Phi) is 2.88. The second kappa shape index (κ2) is 4.33. The fourth-order valence-corrected chi connectivity index (χ4v) is 1.80. The van der Waals surface area contributed by atoms with E-state index in [2.05, 4.69) is 0 Å². The molecule has 2 rings (SSSR count). The molecule has 1 N–H and O–H groups in total. The highest BCUT2D eigenvalue weighted by Gasteiger charge is 2.25. The Hall–Kier alpha value is -1.86. The van der Waals surface area contributed by atoms with Crippen molar-refractivity contribution in [1.29, 1.82) is 5.26 Å². The molecule has 1 aliphatic rings. The minimum atomic E-state index is -0.401. The molecule has 1 amide bonds. The van der Waals surface area contributed by atoms with Gasteiger partial charge in [0.2, 0.25) is 0 Å². The van der Waals surface area contributed by atoms with Gasteiger partial charge in [-0.15, -0.1) is 0 Å². The van der Waals surface area contributed by atoms with Gasteiger partial charge in [0, 0.05) is 18.7 Å². The molecule has 1 atom stereocenters. The van der Waals surface area contributed by atoms with Crippen molar-refractivity contribution in [3.8, 4) is 6.07 Å². The normalized spacial score (nSPS) is 19.5. The van der Waals surface area contributed by atoms with E-state index >= 15 is 0 Å². The number of nitriles is 1. The molecule has 1 saturated heterocycles. The summed E-state index contributed by atoms with van der Waals surface area (Å²) in [6.45, 7) is 0.999. The molecule has 0 aromatic heterocycles. The van der Waals surface area contributed by atoms with E-state index < -0.39 is 6.10 Å². The van der Waals surface area contributed by atoms with Gasteiger partial charge >= 0.3 is 0 Å². The number of carbonyl (C=O) groups excluding carboxylic acids is 1. The average molecular weight is 216 g/mol. The van der Waals surface area contributed by atoms with Crippen molar-refractivity contribution in [2.45, 2.75) is 12.5 Å². The lowest BCUT2D eigenvalue weighted by Crippen LogP contribution is -2.29. The van der Waals surface area contributed by atoms with E-state index in [-0.39, 0.29) is 5.91 Å². The first-order chi connectivity index (χ1) is 7.70. The predicted molar refractivity (Wildman–Crippen MR) is 57.7 cm³/mol. The Bertz CT molecular complexity index is 433. The van der Waals surface area contributed by atoms with Gasteiger partial charge in [0.25, 0.3) is 5.91 Å². The SMILES string of the molecule is N#Cc1ccc(C(=O)N2CCC(O)C2)cc1. The van der Waals surface area contributed by atoms with Crippen LogP contribution in [0.2, 0.25) is 0 Å². The molecule has 1 heterocycles. The molecule has 1 aromatic rings. The van der Waals surface area contributed by atoms with Crippen LogP contribution >= 0.6 is 0 Å². The molecule has 0 saturated carbocycles. The molecule has 4 nitrogen and oxygen atoms in total. The summed E-state index contributed by atoms with van der Waals surface area (Å²) in [4.78, 5) is 13.6. The average Bonchev–Trinajstić information content (AvgIpc) is 2.75. The molecule has 0 bridgehead atoms. The first-order valence-electron chi connectivity index (χ1n) is 5.18. The minimum Gasteiger partial charge on any atom is -0.391 e. The number of benzene rings is 1. The lowest BCUT2D eigenvalue weighted by molar-refractivity contribution is 0.0765. The fourth-order valence-electron chi connectivity index (χ4n) is 1.80. The number of rotatable bonds is 1. The summed E-state index contributed by atoms with van der Waals surface area (Å²) in [5.74, 6) is -0.0824. The maximum absolute atomic E-state index is 11.9. The third kappa shape index (κ3) is 2.05. The Labute approximate surface area is 93.7 Å². The molecule has 1 unspecified atom stereocenters. The first-order valence-corrected chi connectivity index (χ1v) is 5.18. The molecule has 1 aromatic carbocycles. The van der Waals surface area contributed by atoms with Crippen LogP contribution in [0.15, 0.2) is 24.3 Å². The van der Waals surface area contributed by atoms with E-state index in [1.165, 1.54) is 0 Å². The van der Waals surface area contributed by atoms with Gasteiger partial charge in [0.15, 0.2) is 0 Å². The fraction of sp³-hybridized carbons (Fsp3) is 0.333. The number of β-amino-alcohol motifs (C(OH)–C–C–N with tert-alkyl or cyclic N) is 1. The maximum Gasteiger partial charge on any atom is 0.253 e. The summed E-state index contributed by atoms with van der Waals surface area (Å²) in [6.07, 6.45) is 0.240. The zero-order chi connectivity index (χ0) is 11.5. The Morgan fingerprint density at radius 2 is 2.12 bits per heavy atom. The van der Waals surface area contributed by atoms with E-state index in [1.54, 1.807) is 29.2 Å². The lowest BCUT2D eigenvalue weighted by Gasteiger charge is -2.15. The number of carbonyl (C=O) groups is 1. The standard InChI is InChI=1S/C12H12N2O2/c13-7-9-1-3-10(4-2-9)12(16)14-6-5-11(15)8-14/h1-4,11,15H,5-6,8H2. The van der Waals surface area contributed by atoms with Crippen LogP contribution in [0, 0.1) is 11.3 Å². The van der Waals surface area contributed by atoms with Gasteiger partial charge in [-0.2, -0.15) is 5.26 Å². The minimum absolute atomic E-state index is 0.0824. The molecular weight excluding hydrogens is 204 g/mol. The topological polar surface area (TPSA) is 64.3 Å². The summed E-state index contributed by atoms with van der Waals surface area (Å²) in [5, 5.41) is 18.0. The van der Waals surface area contributed by atoms with Gasteiger partial charge in [-0.3, -0.25) is 4.79 Å². The predicted octanol–water partition coefficient (Wildman–Crippen LogP) is 0.765. The Morgan fingerprint density at radius 1 is 1.44 bits per heavy atom. The monoisotopic (exact) mass is 216 g/mol. The van der Waals surface area contributed by atoms with Crippen molar-refractivity contribution in [1.82, 2.24) is 4.90 Å². The zero-order valence-corrected chi connectivity index (χ0v) is 8.76. The molecule has 0 aliphatic carbocycles. The van der Waals surface area contributed by atoms with Crippen molar-refractivity contribution in [2.24, 2.45) is 0 Å². The number of hydrogen-bond donors (Lipinski definition) is 1. The van der Waals surface area contributed by atoms with E-state index in [4.69, 9.17) is 5.26 Å². The quantitative estimate of drug-likeness (QED) is 0.754. The highest BCUT2D eigenvalue weighted by atomic mass is 16.3. The summed E-state index contributed by atoms with van der Waals surface area (Å²) in [5.41, 5.74) is 1.10. The maximum atomic E-state index is 11.9. The number of likely N-dealkylation sites (tertiary alicyclic amines) is 1. The van der Waals surface area contributed by atoms with Gasteiger partial charge in [0.1, 0.15) is 0 Å². The van der Waals surface area contributed by atoms with Gasteiger partial charge in [-0.25, -0.2) is 0 Å². The van der Waals surface area contributed by atoms with E-state index in [0.29, 0.717) is 30.6 Å². The van der Waals surface area contributed by atoms with Crippen molar-refractivity contribution < 1.29 is 9.90 Å². The summed E-state index contributed by atoms with van der Waals surface area (Å²) >= 11 is 0. The number of nitrogens with zero attached hydrogens (tertiary/aromatic N) is 2. The third-order valence-electron chi connectivity index (χ3n) is 2.71. The summed E-state index contributed by atoms with van der Waals surface area (Å²) < 4.78 is 0. The van der Waals surface area contributed by atoms with Crippen LogP contribution in [0.3, 0.4) is 0 Å². The second-order valence-electron chi connectivity index (χ2n) is 3.88. The van der Waals surface area contributed by atoms with Crippen molar-refractivity contribution >= 4 is 5.91 Å². The Balaban J connectivity index is 2.12.